The fourth-order valence-corrected chi connectivity index (χ4v) is 4.43. The highest BCUT2D eigenvalue weighted by Crippen LogP contribution is 2.25. The van der Waals surface area contributed by atoms with Gasteiger partial charge in [-0.2, -0.15) is 4.31 Å². The molecule has 0 saturated carbocycles. The molecular formula is C15H22ClN3O3S. The predicted molar refractivity (Wildman–Crippen MR) is 90.1 cm³/mol. The quantitative estimate of drug-likeness (QED) is 0.899. The third kappa shape index (κ3) is 4.37. The highest BCUT2D eigenvalue weighted by Gasteiger charge is 2.29. The summed E-state index contributed by atoms with van der Waals surface area (Å²) in [6.45, 7) is 5.32. The molecule has 1 aliphatic heterocycles. The topological polar surface area (TPSA) is 69.7 Å². The zero-order chi connectivity index (χ0) is 17.0. The zero-order valence-corrected chi connectivity index (χ0v) is 14.9. The van der Waals surface area contributed by atoms with E-state index in [0.717, 1.165) is 0 Å². The van der Waals surface area contributed by atoms with E-state index in [1.165, 1.54) is 10.4 Å². The molecule has 2 amide bonds. The molecule has 23 heavy (non-hydrogen) atoms. The monoisotopic (exact) mass is 359 g/mol. The lowest BCUT2D eigenvalue weighted by Gasteiger charge is -2.23. The number of rotatable bonds is 3. The molecule has 1 saturated heterocycles. The summed E-state index contributed by atoms with van der Waals surface area (Å²) < 4.78 is 26.9. The number of carbonyl (C=O) groups excluding carboxylic acids is 1. The maximum atomic E-state index is 12.7. The number of carbonyl (C=O) groups is 1. The average Bonchev–Trinajstić information content (AvgIpc) is 2.73. The molecule has 0 spiro atoms. The van der Waals surface area contributed by atoms with Crippen LogP contribution in [0.25, 0.3) is 0 Å². The second-order valence-corrected chi connectivity index (χ2v) is 8.09. The summed E-state index contributed by atoms with van der Waals surface area (Å²) in [5, 5.41) is 3.05. The second-order valence-electron chi connectivity index (χ2n) is 5.78. The lowest BCUT2D eigenvalue weighted by molar-refractivity contribution is 0.198. The van der Waals surface area contributed by atoms with Crippen molar-refractivity contribution in [3.63, 3.8) is 0 Å². The van der Waals surface area contributed by atoms with Gasteiger partial charge in [0.1, 0.15) is 4.90 Å². The molecule has 1 fully saturated rings. The third-order valence-corrected chi connectivity index (χ3v) is 6.01. The Labute approximate surface area is 142 Å². The standard InChI is InChI=1S/C15H22ClN3O3S/c1-12(2)17-15(20)18-8-5-9-19(11-10-18)23(21,22)14-7-4-3-6-13(14)16/h3-4,6-7,12H,5,8-11H2,1-2H3,(H,17,20). The summed E-state index contributed by atoms with van der Waals surface area (Å²) in [5.41, 5.74) is 0. The molecule has 1 aliphatic rings. The number of hydrogen-bond acceptors (Lipinski definition) is 3. The first-order valence-electron chi connectivity index (χ1n) is 7.62. The van der Waals surface area contributed by atoms with Crippen molar-refractivity contribution < 1.29 is 13.2 Å². The summed E-state index contributed by atoms with van der Waals surface area (Å²) in [5.74, 6) is 0. The van der Waals surface area contributed by atoms with Crippen LogP contribution in [0.5, 0.6) is 0 Å². The van der Waals surface area contributed by atoms with Gasteiger partial charge in [0.05, 0.1) is 5.02 Å². The molecule has 1 aromatic carbocycles. The smallest absolute Gasteiger partial charge is 0.317 e. The zero-order valence-electron chi connectivity index (χ0n) is 13.3. The normalized spacial score (nSPS) is 17.1. The van der Waals surface area contributed by atoms with Gasteiger partial charge in [-0.05, 0) is 32.4 Å². The summed E-state index contributed by atoms with van der Waals surface area (Å²) in [7, 11) is -3.65. The highest BCUT2D eigenvalue weighted by atomic mass is 35.5. The number of benzene rings is 1. The maximum Gasteiger partial charge on any atom is 0.317 e. The van der Waals surface area contributed by atoms with E-state index in [1.807, 2.05) is 13.8 Å². The van der Waals surface area contributed by atoms with Gasteiger partial charge in [0.15, 0.2) is 0 Å². The SMILES string of the molecule is CC(C)NC(=O)N1CCCN(S(=O)(=O)c2ccccc2Cl)CC1. The summed E-state index contributed by atoms with van der Waals surface area (Å²) in [6, 6.07) is 6.31. The molecule has 0 radical (unpaired) electrons. The molecule has 128 valence electrons. The van der Waals surface area contributed by atoms with E-state index < -0.39 is 10.0 Å². The van der Waals surface area contributed by atoms with Crippen molar-refractivity contribution in [1.82, 2.24) is 14.5 Å². The molecule has 0 aromatic heterocycles. The molecule has 1 N–H and O–H groups in total. The molecule has 0 bridgehead atoms. The van der Waals surface area contributed by atoms with E-state index in [9.17, 15) is 13.2 Å². The van der Waals surface area contributed by atoms with Crippen LogP contribution in [-0.2, 0) is 10.0 Å². The van der Waals surface area contributed by atoms with Crippen molar-refractivity contribution in [2.24, 2.45) is 0 Å². The molecule has 2 rings (SSSR count). The fraction of sp³-hybridized carbons (Fsp3) is 0.533. The minimum Gasteiger partial charge on any atom is -0.336 e. The second kappa shape index (κ2) is 7.51. The number of hydrogen-bond donors (Lipinski definition) is 1. The Kier molecular flexibility index (Phi) is 5.89. The van der Waals surface area contributed by atoms with Crippen molar-refractivity contribution in [1.29, 1.82) is 0 Å². The Balaban J connectivity index is 2.11. The van der Waals surface area contributed by atoms with Gasteiger partial charge in [-0.15, -0.1) is 0 Å². The Morgan fingerprint density at radius 3 is 2.52 bits per heavy atom. The molecule has 0 atom stereocenters. The van der Waals surface area contributed by atoms with E-state index in [4.69, 9.17) is 11.6 Å². The van der Waals surface area contributed by atoms with Gasteiger partial charge in [0, 0.05) is 32.2 Å². The molecule has 1 heterocycles. The summed E-state index contributed by atoms with van der Waals surface area (Å²) in [4.78, 5) is 13.8. The van der Waals surface area contributed by atoms with E-state index in [1.54, 1.807) is 23.1 Å². The van der Waals surface area contributed by atoms with Gasteiger partial charge in [-0.1, -0.05) is 23.7 Å². The van der Waals surface area contributed by atoms with Gasteiger partial charge < -0.3 is 10.2 Å². The van der Waals surface area contributed by atoms with Gasteiger partial charge in [-0.25, -0.2) is 13.2 Å². The molecule has 6 nitrogen and oxygen atoms in total. The maximum absolute atomic E-state index is 12.7. The van der Waals surface area contributed by atoms with Gasteiger partial charge in [-0.3, -0.25) is 0 Å². The lowest BCUT2D eigenvalue weighted by Crippen LogP contribution is -2.44. The minimum absolute atomic E-state index is 0.0497. The van der Waals surface area contributed by atoms with Gasteiger partial charge in [0.25, 0.3) is 0 Å². The molecule has 1 aromatic rings. The van der Waals surface area contributed by atoms with Crippen LogP contribution in [0.4, 0.5) is 4.79 Å². The van der Waals surface area contributed by atoms with Crippen molar-refractivity contribution in [2.75, 3.05) is 26.2 Å². The Bertz CT molecular complexity index is 664. The van der Waals surface area contributed by atoms with E-state index >= 15 is 0 Å². The van der Waals surface area contributed by atoms with Crippen LogP contribution >= 0.6 is 11.6 Å². The van der Waals surface area contributed by atoms with Crippen LogP contribution in [-0.4, -0.2) is 55.9 Å². The lowest BCUT2D eigenvalue weighted by atomic mass is 10.4. The van der Waals surface area contributed by atoms with Crippen LogP contribution in [0.15, 0.2) is 29.2 Å². The van der Waals surface area contributed by atoms with E-state index in [2.05, 4.69) is 5.32 Å². The summed E-state index contributed by atoms with van der Waals surface area (Å²) >= 11 is 6.02. The van der Waals surface area contributed by atoms with Crippen LogP contribution < -0.4 is 5.32 Å². The van der Waals surface area contributed by atoms with E-state index in [0.29, 0.717) is 26.1 Å². The number of halogens is 1. The first kappa shape index (κ1) is 18.0. The molecule has 8 heteroatoms. The Hall–Kier alpha value is -1.31. The number of amides is 2. The summed E-state index contributed by atoms with van der Waals surface area (Å²) in [6.07, 6.45) is 0.592. The average molecular weight is 360 g/mol. The first-order chi connectivity index (χ1) is 10.8. The first-order valence-corrected chi connectivity index (χ1v) is 9.44. The number of sulfonamides is 1. The van der Waals surface area contributed by atoms with Gasteiger partial charge in [0.2, 0.25) is 10.0 Å². The third-order valence-electron chi connectivity index (χ3n) is 3.61. The largest absolute Gasteiger partial charge is 0.336 e. The highest BCUT2D eigenvalue weighted by molar-refractivity contribution is 7.89. The number of nitrogens with one attached hydrogen (secondary N) is 1. The number of nitrogens with zero attached hydrogens (tertiary/aromatic N) is 2. The molecule has 0 aliphatic carbocycles. The van der Waals surface area contributed by atoms with Crippen LogP contribution in [0.3, 0.4) is 0 Å². The Morgan fingerprint density at radius 2 is 1.87 bits per heavy atom. The molecule has 0 unspecified atom stereocenters. The van der Waals surface area contributed by atoms with Gasteiger partial charge >= 0.3 is 6.03 Å². The fourth-order valence-electron chi connectivity index (χ4n) is 2.47. The Morgan fingerprint density at radius 1 is 1.17 bits per heavy atom. The number of urea groups is 1. The van der Waals surface area contributed by atoms with E-state index in [-0.39, 0.29) is 28.5 Å². The minimum atomic E-state index is -3.65. The van der Waals surface area contributed by atoms with Crippen LogP contribution in [0, 0.1) is 0 Å². The molecular weight excluding hydrogens is 338 g/mol. The van der Waals surface area contributed by atoms with Crippen molar-refractivity contribution in [3.05, 3.63) is 29.3 Å². The van der Waals surface area contributed by atoms with Crippen molar-refractivity contribution in [2.45, 2.75) is 31.2 Å². The van der Waals surface area contributed by atoms with Crippen molar-refractivity contribution >= 4 is 27.7 Å². The predicted octanol–water partition coefficient (Wildman–Crippen LogP) is 2.15. The van der Waals surface area contributed by atoms with Crippen LogP contribution in [0.1, 0.15) is 20.3 Å². The van der Waals surface area contributed by atoms with Crippen molar-refractivity contribution in [3.8, 4) is 0 Å². The van der Waals surface area contributed by atoms with Crippen LogP contribution in [0.2, 0.25) is 5.02 Å².